The first-order chi connectivity index (χ1) is 9.72. The van der Waals surface area contributed by atoms with Gasteiger partial charge in [-0.1, -0.05) is 6.07 Å². The zero-order chi connectivity index (χ0) is 13.9. The van der Waals surface area contributed by atoms with Gasteiger partial charge in [-0.05, 0) is 37.5 Å². The van der Waals surface area contributed by atoms with E-state index in [9.17, 15) is 4.79 Å². The first kappa shape index (κ1) is 13.4. The van der Waals surface area contributed by atoms with Crippen LogP contribution in [0.5, 0.6) is 5.75 Å². The number of carboxylic acids is 1. The maximum atomic E-state index is 10.8. The fraction of sp³-hybridized carbons (Fsp3) is 0.533. The van der Waals surface area contributed by atoms with Crippen molar-refractivity contribution in [1.29, 1.82) is 0 Å². The second kappa shape index (κ2) is 5.81. The highest BCUT2D eigenvalue weighted by Gasteiger charge is 2.40. The molecule has 0 saturated carbocycles. The lowest BCUT2D eigenvalue weighted by atomic mass is 9.95. The molecule has 2 fully saturated rings. The summed E-state index contributed by atoms with van der Waals surface area (Å²) in [5.74, 6) is -0.344. The zero-order valence-electron chi connectivity index (χ0n) is 11.2. The molecule has 2 aliphatic rings. The highest BCUT2D eigenvalue weighted by atomic mass is 16.5. The smallest absolute Gasteiger partial charge is 0.335 e. The van der Waals surface area contributed by atoms with Gasteiger partial charge in [0, 0.05) is 12.6 Å². The van der Waals surface area contributed by atoms with Gasteiger partial charge in [-0.2, -0.15) is 0 Å². The summed E-state index contributed by atoms with van der Waals surface area (Å²) in [5.41, 5.74) is 0.247. The molecule has 0 radical (unpaired) electrons. The summed E-state index contributed by atoms with van der Waals surface area (Å²) in [4.78, 5) is 10.8. The van der Waals surface area contributed by atoms with Crippen LogP contribution in [0.2, 0.25) is 0 Å². The van der Waals surface area contributed by atoms with Crippen LogP contribution < -0.4 is 10.1 Å². The molecule has 0 amide bonds. The Kier molecular flexibility index (Phi) is 3.89. The molecule has 2 aliphatic heterocycles. The highest BCUT2D eigenvalue weighted by Crippen LogP contribution is 2.34. The van der Waals surface area contributed by atoms with Crippen molar-refractivity contribution in [2.75, 3.05) is 13.2 Å². The van der Waals surface area contributed by atoms with E-state index in [-0.39, 0.29) is 5.56 Å². The van der Waals surface area contributed by atoms with Crippen molar-refractivity contribution in [1.82, 2.24) is 5.32 Å². The van der Waals surface area contributed by atoms with Gasteiger partial charge in [0.05, 0.1) is 17.8 Å². The van der Waals surface area contributed by atoms with Gasteiger partial charge in [0.1, 0.15) is 12.4 Å². The van der Waals surface area contributed by atoms with Gasteiger partial charge >= 0.3 is 5.97 Å². The van der Waals surface area contributed by atoms with Crippen LogP contribution in [0.15, 0.2) is 24.3 Å². The van der Waals surface area contributed by atoms with Crippen LogP contribution in [0, 0.1) is 0 Å². The molecular formula is C15H19NO4. The zero-order valence-corrected chi connectivity index (χ0v) is 11.2. The molecule has 5 heteroatoms. The third-order valence-corrected chi connectivity index (χ3v) is 3.96. The molecule has 0 aliphatic carbocycles. The third kappa shape index (κ3) is 2.94. The fourth-order valence-corrected chi connectivity index (χ4v) is 2.98. The molecule has 3 atom stereocenters. The van der Waals surface area contributed by atoms with Crippen molar-refractivity contribution in [2.45, 2.75) is 37.5 Å². The Hall–Kier alpha value is -1.59. The first-order valence-corrected chi connectivity index (χ1v) is 7.07. The monoisotopic (exact) mass is 277 g/mol. The summed E-state index contributed by atoms with van der Waals surface area (Å²) in [6, 6.07) is 7.01. The minimum absolute atomic E-state index is 0.247. The number of aromatic carboxylic acids is 1. The van der Waals surface area contributed by atoms with E-state index < -0.39 is 5.97 Å². The van der Waals surface area contributed by atoms with Crippen molar-refractivity contribution in [3.8, 4) is 5.75 Å². The van der Waals surface area contributed by atoms with E-state index in [1.54, 1.807) is 24.3 Å². The predicted molar refractivity (Wildman–Crippen MR) is 73.2 cm³/mol. The molecule has 2 N–H and O–H groups in total. The van der Waals surface area contributed by atoms with Crippen molar-refractivity contribution < 1.29 is 19.4 Å². The van der Waals surface area contributed by atoms with Crippen LogP contribution in [0.1, 0.15) is 29.6 Å². The normalized spacial score (nSPS) is 27.7. The average molecular weight is 277 g/mol. The lowest BCUT2D eigenvalue weighted by Gasteiger charge is -2.20. The summed E-state index contributed by atoms with van der Waals surface area (Å²) in [7, 11) is 0. The topological polar surface area (TPSA) is 67.8 Å². The molecule has 108 valence electrons. The maximum Gasteiger partial charge on any atom is 0.335 e. The molecule has 1 aromatic carbocycles. The number of nitrogens with one attached hydrogen (secondary N) is 1. The van der Waals surface area contributed by atoms with Crippen LogP contribution in [0.3, 0.4) is 0 Å². The number of carbonyl (C=O) groups is 1. The third-order valence-electron chi connectivity index (χ3n) is 3.96. The van der Waals surface area contributed by atoms with Crippen LogP contribution in [0.4, 0.5) is 0 Å². The van der Waals surface area contributed by atoms with Crippen LogP contribution in [-0.2, 0) is 4.74 Å². The Balaban J connectivity index is 1.41. The number of hydrogen-bond acceptors (Lipinski definition) is 4. The molecule has 5 nitrogen and oxygen atoms in total. The minimum Gasteiger partial charge on any atom is -0.492 e. The molecule has 2 saturated heterocycles. The molecule has 20 heavy (non-hydrogen) atoms. The summed E-state index contributed by atoms with van der Waals surface area (Å²) in [6.07, 6.45) is 4.27. The average Bonchev–Trinajstić information content (AvgIpc) is 3.06. The van der Waals surface area contributed by atoms with Gasteiger partial charge in [-0.15, -0.1) is 0 Å². The fourth-order valence-electron chi connectivity index (χ4n) is 2.98. The minimum atomic E-state index is -0.937. The summed E-state index contributed by atoms with van der Waals surface area (Å²) >= 11 is 0. The lowest BCUT2D eigenvalue weighted by Crippen LogP contribution is -2.39. The van der Waals surface area contributed by atoms with Gasteiger partial charge in [-0.25, -0.2) is 4.79 Å². The number of ether oxygens (including phenoxy) is 2. The van der Waals surface area contributed by atoms with Gasteiger partial charge in [0.2, 0.25) is 0 Å². The van der Waals surface area contributed by atoms with Gasteiger partial charge in [0.15, 0.2) is 0 Å². The summed E-state index contributed by atoms with van der Waals surface area (Å²) in [5, 5.41) is 12.4. The van der Waals surface area contributed by atoms with Crippen molar-refractivity contribution in [2.24, 2.45) is 0 Å². The molecule has 2 heterocycles. The highest BCUT2D eigenvalue weighted by molar-refractivity contribution is 5.87. The lowest BCUT2D eigenvalue weighted by molar-refractivity contribution is 0.0696. The molecular weight excluding hydrogens is 258 g/mol. The van der Waals surface area contributed by atoms with E-state index >= 15 is 0 Å². The van der Waals surface area contributed by atoms with Crippen molar-refractivity contribution >= 4 is 5.97 Å². The molecule has 2 bridgehead atoms. The summed E-state index contributed by atoms with van der Waals surface area (Å²) in [6.45, 7) is 1.27. The van der Waals surface area contributed by atoms with E-state index in [4.69, 9.17) is 14.6 Å². The number of hydrogen-bond donors (Lipinski definition) is 2. The number of rotatable bonds is 6. The quantitative estimate of drug-likeness (QED) is 0.774. The number of fused-ring (bicyclic) bond motifs is 2. The Bertz CT molecular complexity index is 491. The Morgan fingerprint density at radius 3 is 3.05 bits per heavy atom. The van der Waals surface area contributed by atoms with E-state index in [2.05, 4.69) is 5.32 Å². The number of benzene rings is 1. The maximum absolute atomic E-state index is 10.8. The van der Waals surface area contributed by atoms with E-state index in [1.165, 1.54) is 6.42 Å². The van der Waals surface area contributed by atoms with Crippen LogP contribution >= 0.6 is 0 Å². The standard InChI is InChI=1S/C15H19NO4/c17-15(18)10-2-1-3-11(8-10)19-7-6-16-13-9-12-4-5-14(13)20-12/h1-3,8,12-14,16H,4-7,9H2,(H,17,18). The van der Waals surface area contributed by atoms with Gasteiger partial charge < -0.3 is 19.9 Å². The molecule has 0 spiro atoms. The molecule has 3 rings (SSSR count). The van der Waals surface area contributed by atoms with E-state index in [0.29, 0.717) is 30.6 Å². The Morgan fingerprint density at radius 2 is 2.35 bits per heavy atom. The second-order valence-electron chi connectivity index (χ2n) is 5.35. The number of carboxylic acid groups (broad SMARTS) is 1. The molecule has 3 unspecified atom stereocenters. The van der Waals surface area contributed by atoms with Crippen molar-refractivity contribution in [3.63, 3.8) is 0 Å². The SMILES string of the molecule is O=C(O)c1cccc(OCCNC2CC3CCC2O3)c1. The summed E-state index contributed by atoms with van der Waals surface area (Å²) < 4.78 is 11.3. The first-order valence-electron chi connectivity index (χ1n) is 7.07. The Morgan fingerprint density at radius 1 is 1.45 bits per heavy atom. The van der Waals surface area contributed by atoms with Crippen molar-refractivity contribution in [3.05, 3.63) is 29.8 Å². The van der Waals surface area contributed by atoms with Gasteiger partial charge in [-0.3, -0.25) is 0 Å². The van der Waals surface area contributed by atoms with Gasteiger partial charge in [0.25, 0.3) is 0 Å². The van der Waals surface area contributed by atoms with E-state index in [0.717, 1.165) is 19.4 Å². The Labute approximate surface area is 117 Å². The molecule has 1 aromatic rings. The van der Waals surface area contributed by atoms with Crippen LogP contribution in [-0.4, -0.2) is 42.5 Å². The molecule has 0 aromatic heterocycles. The van der Waals surface area contributed by atoms with Crippen LogP contribution in [0.25, 0.3) is 0 Å². The van der Waals surface area contributed by atoms with E-state index in [1.807, 2.05) is 0 Å². The second-order valence-corrected chi connectivity index (χ2v) is 5.35. The largest absolute Gasteiger partial charge is 0.492 e. The predicted octanol–water partition coefficient (Wildman–Crippen LogP) is 1.67.